The molecule has 0 aliphatic heterocycles. The van der Waals surface area contributed by atoms with Crippen molar-refractivity contribution < 1.29 is 9.84 Å². The second kappa shape index (κ2) is 4.01. The summed E-state index contributed by atoms with van der Waals surface area (Å²) in [5.41, 5.74) is 1.21. The van der Waals surface area contributed by atoms with Gasteiger partial charge in [0.25, 0.3) is 0 Å². The van der Waals surface area contributed by atoms with Gasteiger partial charge >= 0.3 is 0 Å². The Labute approximate surface area is 89.5 Å². The zero-order valence-electron chi connectivity index (χ0n) is 8.63. The van der Waals surface area contributed by atoms with Gasteiger partial charge in [0, 0.05) is 13.0 Å². The highest BCUT2D eigenvalue weighted by molar-refractivity contribution is 5.33. The van der Waals surface area contributed by atoms with Gasteiger partial charge in [0.15, 0.2) is 0 Å². The highest BCUT2D eigenvalue weighted by Gasteiger charge is 2.22. The molecule has 1 aliphatic rings. The fourth-order valence-electron chi connectivity index (χ4n) is 1.64. The summed E-state index contributed by atoms with van der Waals surface area (Å²) < 4.78 is 4.94. The minimum absolute atomic E-state index is 0.224. The number of hydrogen-bond donors (Lipinski definition) is 1. The van der Waals surface area contributed by atoms with Crippen LogP contribution in [-0.2, 0) is 4.74 Å². The van der Waals surface area contributed by atoms with Crippen LogP contribution in [0.1, 0.15) is 11.5 Å². The third-order valence-corrected chi connectivity index (χ3v) is 2.60. The zero-order valence-corrected chi connectivity index (χ0v) is 8.63. The van der Waals surface area contributed by atoms with E-state index in [2.05, 4.69) is 12.1 Å². The summed E-state index contributed by atoms with van der Waals surface area (Å²) in [4.78, 5) is 0. The molecule has 0 radical (unpaired) electrons. The van der Waals surface area contributed by atoms with E-state index < -0.39 is 5.79 Å². The molecule has 78 valence electrons. The molecular formula is C13H14O2. The molecule has 0 spiro atoms. The molecule has 1 aliphatic carbocycles. The molecule has 1 N–H and O–H groups in total. The Balaban J connectivity index is 2.18. The van der Waals surface area contributed by atoms with Crippen molar-refractivity contribution in [2.75, 3.05) is 7.11 Å². The lowest BCUT2D eigenvalue weighted by Crippen LogP contribution is -2.27. The lowest BCUT2D eigenvalue weighted by Gasteiger charge is -2.23. The van der Waals surface area contributed by atoms with E-state index in [0.29, 0.717) is 0 Å². The Bertz CT molecular complexity index is 365. The predicted octanol–water partition coefficient (Wildman–Crippen LogP) is 2.23. The van der Waals surface area contributed by atoms with Crippen molar-refractivity contribution in [1.29, 1.82) is 0 Å². The minimum atomic E-state index is -1.23. The van der Waals surface area contributed by atoms with E-state index in [9.17, 15) is 5.11 Å². The smallest absolute Gasteiger partial charge is 0.205 e. The second-order valence-electron chi connectivity index (χ2n) is 3.61. The van der Waals surface area contributed by atoms with Crippen LogP contribution in [0.15, 0.2) is 54.6 Å². The molecule has 1 aromatic rings. The first-order valence-corrected chi connectivity index (χ1v) is 4.95. The van der Waals surface area contributed by atoms with Gasteiger partial charge < -0.3 is 9.84 Å². The van der Waals surface area contributed by atoms with E-state index in [4.69, 9.17) is 4.74 Å². The fraction of sp³-hybridized carbons (Fsp3) is 0.231. The van der Waals surface area contributed by atoms with Crippen LogP contribution >= 0.6 is 0 Å². The van der Waals surface area contributed by atoms with Gasteiger partial charge in [0.1, 0.15) is 0 Å². The Morgan fingerprint density at radius 3 is 2.27 bits per heavy atom. The van der Waals surface area contributed by atoms with E-state index in [1.54, 1.807) is 12.2 Å². The molecule has 0 heterocycles. The molecule has 2 nitrogen and oxygen atoms in total. The van der Waals surface area contributed by atoms with Crippen molar-refractivity contribution in [2.45, 2.75) is 11.7 Å². The lowest BCUT2D eigenvalue weighted by molar-refractivity contribution is -0.107. The molecule has 2 rings (SSSR count). The van der Waals surface area contributed by atoms with Crippen molar-refractivity contribution in [2.24, 2.45) is 0 Å². The van der Waals surface area contributed by atoms with Gasteiger partial charge in [-0.3, -0.25) is 0 Å². The van der Waals surface area contributed by atoms with Crippen LogP contribution in [0, 0.1) is 0 Å². The molecule has 0 atom stereocenters. The number of rotatable bonds is 2. The second-order valence-corrected chi connectivity index (χ2v) is 3.61. The summed E-state index contributed by atoms with van der Waals surface area (Å²) in [5, 5.41) is 9.75. The number of ether oxygens (including phenoxy) is 1. The number of aliphatic hydroxyl groups is 1. The lowest BCUT2D eigenvalue weighted by atomic mass is 9.93. The highest BCUT2D eigenvalue weighted by Crippen LogP contribution is 2.26. The summed E-state index contributed by atoms with van der Waals surface area (Å²) >= 11 is 0. The average Bonchev–Trinajstić information content (AvgIpc) is 2.31. The maximum atomic E-state index is 9.75. The van der Waals surface area contributed by atoms with Gasteiger partial charge in [0.05, 0.1) is 0 Å². The monoisotopic (exact) mass is 202 g/mol. The molecule has 15 heavy (non-hydrogen) atoms. The van der Waals surface area contributed by atoms with Crippen LogP contribution in [-0.4, -0.2) is 18.0 Å². The van der Waals surface area contributed by atoms with Gasteiger partial charge in [-0.1, -0.05) is 42.5 Å². The quantitative estimate of drug-likeness (QED) is 0.588. The van der Waals surface area contributed by atoms with Crippen molar-refractivity contribution in [3.8, 4) is 0 Å². The molecule has 2 heteroatoms. The van der Waals surface area contributed by atoms with Crippen LogP contribution in [0.3, 0.4) is 0 Å². The number of benzene rings is 1. The van der Waals surface area contributed by atoms with Crippen molar-refractivity contribution in [3.63, 3.8) is 0 Å². The molecule has 0 bridgehead atoms. The van der Waals surface area contributed by atoms with Crippen LogP contribution in [0.4, 0.5) is 0 Å². The van der Waals surface area contributed by atoms with Gasteiger partial charge in [0.2, 0.25) is 5.79 Å². The Morgan fingerprint density at radius 2 is 1.73 bits per heavy atom. The summed E-state index contributed by atoms with van der Waals surface area (Å²) in [6, 6.07) is 10.1. The maximum absolute atomic E-state index is 9.75. The van der Waals surface area contributed by atoms with Crippen molar-refractivity contribution in [1.82, 2.24) is 0 Å². The van der Waals surface area contributed by atoms with Crippen LogP contribution in [0.2, 0.25) is 0 Å². The molecule has 0 amide bonds. The summed E-state index contributed by atoms with van der Waals surface area (Å²) in [5.74, 6) is -1.01. The normalized spacial score (nSPS) is 29.3. The molecule has 1 aromatic carbocycles. The standard InChI is InChI=1S/C13H14O2/c1-15-13(14)9-7-12(8-10-13)11-5-3-2-4-6-11/h2-10,12,14H,1H3. The van der Waals surface area contributed by atoms with Crippen LogP contribution in [0.5, 0.6) is 0 Å². The van der Waals surface area contributed by atoms with Crippen LogP contribution < -0.4 is 0 Å². The van der Waals surface area contributed by atoms with Crippen LogP contribution in [0.25, 0.3) is 0 Å². The topological polar surface area (TPSA) is 29.5 Å². The van der Waals surface area contributed by atoms with E-state index in [1.165, 1.54) is 12.7 Å². The minimum Gasteiger partial charge on any atom is -0.359 e. The molecule has 0 fully saturated rings. The Hall–Kier alpha value is -1.38. The SMILES string of the molecule is COC1(O)C=CC(c2ccccc2)C=C1. The summed E-state index contributed by atoms with van der Waals surface area (Å²) in [6.45, 7) is 0. The Morgan fingerprint density at radius 1 is 1.13 bits per heavy atom. The van der Waals surface area contributed by atoms with Crippen molar-refractivity contribution >= 4 is 0 Å². The van der Waals surface area contributed by atoms with E-state index in [-0.39, 0.29) is 5.92 Å². The predicted molar refractivity (Wildman–Crippen MR) is 59.4 cm³/mol. The van der Waals surface area contributed by atoms with Gasteiger partial charge in [-0.15, -0.1) is 0 Å². The van der Waals surface area contributed by atoms with Gasteiger partial charge in [-0.2, -0.15) is 0 Å². The number of hydrogen-bond acceptors (Lipinski definition) is 2. The van der Waals surface area contributed by atoms with Gasteiger partial charge in [-0.25, -0.2) is 0 Å². The molecule has 0 saturated heterocycles. The van der Waals surface area contributed by atoms with E-state index in [1.807, 2.05) is 30.4 Å². The molecular weight excluding hydrogens is 188 g/mol. The first-order valence-electron chi connectivity index (χ1n) is 4.95. The number of methoxy groups -OCH3 is 1. The molecule has 0 aromatic heterocycles. The first-order chi connectivity index (χ1) is 7.23. The highest BCUT2D eigenvalue weighted by atomic mass is 16.6. The average molecular weight is 202 g/mol. The zero-order chi connectivity index (χ0) is 10.7. The maximum Gasteiger partial charge on any atom is 0.205 e. The molecule has 0 saturated carbocycles. The number of allylic oxidation sites excluding steroid dienone is 2. The first kappa shape index (κ1) is 10.1. The Kier molecular flexibility index (Phi) is 2.71. The third-order valence-electron chi connectivity index (χ3n) is 2.60. The molecule has 0 unspecified atom stereocenters. The third kappa shape index (κ3) is 2.17. The largest absolute Gasteiger partial charge is 0.359 e. The summed E-state index contributed by atoms with van der Waals surface area (Å²) in [6.07, 6.45) is 7.23. The van der Waals surface area contributed by atoms with Crippen molar-refractivity contribution in [3.05, 3.63) is 60.2 Å². The fourth-order valence-corrected chi connectivity index (χ4v) is 1.64. The summed E-state index contributed by atoms with van der Waals surface area (Å²) in [7, 11) is 1.48. The van der Waals surface area contributed by atoms with E-state index in [0.717, 1.165) is 0 Å². The van der Waals surface area contributed by atoms with E-state index >= 15 is 0 Å². The van der Waals surface area contributed by atoms with Gasteiger partial charge in [-0.05, 0) is 17.7 Å².